The van der Waals surface area contributed by atoms with E-state index in [0.29, 0.717) is 11.8 Å². The second-order valence-electron chi connectivity index (χ2n) is 6.67. The fourth-order valence-electron chi connectivity index (χ4n) is 3.68. The zero-order chi connectivity index (χ0) is 14.0. The summed E-state index contributed by atoms with van der Waals surface area (Å²) < 4.78 is 0. The van der Waals surface area contributed by atoms with Crippen LogP contribution in [0.25, 0.3) is 0 Å². The highest BCUT2D eigenvalue weighted by Crippen LogP contribution is 2.34. The smallest absolute Gasteiger partial charge is 0.226 e. The number of likely N-dealkylation sites (tertiary alicyclic amines) is 1. The Hall–Kier alpha value is -0.610. The number of carbonyl (C=O) groups is 1. The third kappa shape index (κ3) is 3.29. The summed E-state index contributed by atoms with van der Waals surface area (Å²) in [5, 5.41) is 9.27. The molecule has 0 aromatic heterocycles. The van der Waals surface area contributed by atoms with Crippen molar-refractivity contribution in [3.8, 4) is 0 Å². The van der Waals surface area contributed by atoms with Crippen LogP contribution in [-0.2, 0) is 4.79 Å². The van der Waals surface area contributed by atoms with E-state index in [1.807, 2.05) is 4.90 Å². The molecule has 5 atom stereocenters. The number of aliphatic hydroxyl groups excluding tert-OH is 1. The number of rotatable bonds is 2. The van der Waals surface area contributed by atoms with E-state index in [-0.39, 0.29) is 30.4 Å². The maximum atomic E-state index is 12.7. The van der Waals surface area contributed by atoms with Crippen molar-refractivity contribution in [1.82, 2.24) is 4.90 Å². The Morgan fingerprint density at radius 2 is 2.05 bits per heavy atom. The minimum Gasteiger partial charge on any atom is -0.396 e. The van der Waals surface area contributed by atoms with Gasteiger partial charge in [0.25, 0.3) is 0 Å². The van der Waals surface area contributed by atoms with E-state index in [0.717, 1.165) is 38.8 Å². The van der Waals surface area contributed by atoms with Crippen LogP contribution in [0, 0.1) is 23.7 Å². The van der Waals surface area contributed by atoms with Gasteiger partial charge in [-0.25, -0.2) is 0 Å². The molecule has 3 N–H and O–H groups in total. The summed E-state index contributed by atoms with van der Waals surface area (Å²) >= 11 is 0. The molecule has 0 aromatic rings. The van der Waals surface area contributed by atoms with Crippen LogP contribution in [0.2, 0.25) is 0 Å². The molecule has 0 bridgehead atoms. The van der Waals surface area contributed by atoms with Crippen LogP contribution in [0.4, 0.5) is 0 Å². The van der Waals surface area contributed by atoms with E-state index >= 15 is 0 Å². The molecule has 110 valence electrons. The molecule has 0 aromatic carbocycles. The molecule has 2 rings (SSSR count). The molecular formula is C15H28N2O2. The Morgan fingerprint density at radius 1 is 1.32 bits per heavy atom. The summed E-state index contributed by atoms with van der Waals surface area (Å²) in [6.07, 6.45) is 3.92. The average Bonchev–Trinajstić information content (AvgIpc) is 2.42. The van der Waals surface area contributed by atoms with E-state index in [4.69, 9.17) is 5.73 Å². The predicted molar refractivity (Wildman–Crippen MR) is 75.4 cm³/mol. The van der Waals surface area contributed by atoms with Crippen molar-refractivity contribution in [1.29, 1.82) is 0 Å². The Bertz CT molecular complexity index is 321. The maximum Gasteiger partial charge on any atom is 0.226 e. The number of hydrogen-bond acceptors (Lipinski definition) is 3. The van der Waals surface area contributed by atoms with E-state index in [1.54, 1.807) is 0 Å². The van der Waals surface area contributed by atoms with Crippen molar-refractivity contribution in [2.24, 2.45) is 29.4 Å². The first kappa shape index (κ1) is 14.8. The lowest BCUT2D eigenvalue weighted by Crippen LogP contribution is -2.49. The predicted octanol–water partition coefficient (Wildman–Crippen LogP) is 1.23. The Kier molecular flexibility index (Phi) is 4.85. The number of hydrogen-bond donors (Lipinski definition) is 2. The second kappa shape index (κ2) is 6.23. The number of aliphatic hydroxyl groups is 1. The summed E-state index contributed by atoms with van der Waals surface area (Å²) in [6.45, 7) is 6.14. The van der Waals surface area contributed by atoms with Gasteiger partial charge in [0.15, 0.2) is 0 Å². The molecule has 1 aliphatic heterocycles. The van der Waals surface area contributed by atoms with Crippen molar-refractivity contribution in [2.45, 2.75) is 45.6 Å². The van der Waals surface area contributed by atoms with E-state index < -0.39 is 0 Å². The minimum atomic E-state index is 0.0867. The summed E-state index contributed by atoms with van der Waals surface area (Å²) in [6, 6.07) is 0.156. The molecule has 1 amide bonds. The van der Waals surface area contributed by atoms with Crippen LogP contribution < -0.4 is 5.73 Å². The monoisotopic (exact) mass is 268 g/mol. The van der Waals surface area contributed by atoms with Gasteiger partial charge in [0.05, 0.1) is 0 Å². The SMILES string of the molecule is CC1CC(C)C(C(=O)N2CCCC(CO)C2)CC1N. The summed E-state index contributed by atoms with van der Waals surface area (Å²) in [4.78, 5) is 14.6. The van der Waals surface area contributed by atoms with Crippen LogP contribution in [0.15, 0.2) is 0 Å². The summed E-state index contributed by atoms with van der Waals surface area (Å²) in [5.74, 6) is 1.57. The Morgan fingerprint density at radius 3 is 2.74 bits per heavy atom. The van der Waals surface area contributed by atoms with Crippen LogP contribution in [0.3, 0.4) is 0 Å². The van der Waals surface area contributed by atoms with Crippen LogP contribution >= 0.6 is 0 Å². The van der Waals surface area contributed by atoms with Crippen molar-refractivity contribution < 1.29 is 9.90 Å². The van der Waals surface area contributed by atoms with Crippen LogP contribution in [-0.4, -0.2) is 41.7 Å². The third-order valence-electron chi connectivity index (χ3n) is 5.09. The zero-order valence-corrected chi connectivity index (χ0v) is 12.2. The molecule has 4 heteroatoms. The van der Waals surface area contributed by atoms with Gasteiger partial charge in [-0.15, -0.1) is 0 Å². The van der Waals surface area contributed by atoms with Crippen molar-refractivity contribution in [3.63, 3.8) is 0 Å². The van der Waals surface area contributed by atoms with Crippen molar-refractivity contribution >= 4 is 5.91 Å². The average molecular weight is 268 g/mol. The highest BCUT2D eigenvalue weighted by Gasteiger charge is 2.37. The van der Waals surface area contributed by atoms with Gasteiger partial charge in [-0.1, -0.05) is 13.8 Å². The molecule has 0 radical (unpaired) electrons. The molecule has 2 fully saturated rings. The van der Waals surface area contributed by atoms with E-state index in [2.05, 4.69) is 13.8 Å². The lowest BCUT2D eigenvalue weighted by Gasteiger charge is -2.40. The minimum absolute atomic E-state index is 0.0867. The number of amides is 1. The Labute approximate surface area is 116 Å². The molecule has 1 aliphatic carbocycles. The molecule has 1 heterocycles. The van der Waals surface area contributed by atoms with Crippen LogP contribution in [0.1, 0.15) is 39.5 Å². The molecule has 2 aliphatic rings. The number of nitrogens with two attached hydrogens (primary N) is 1. The topological polar surface area (TPSA) is 66.6 Å². The largest absolute Gasteiger partial charge is 0.396 e. The van der Waals surface area contributed by atoms with Gasteiger partial charge in [0.2, 0.25) is 5.91 Å². The first-order chi connectivity index (χ1) is 9.02. The molecule has 0 spiro atoms. The quantitative estimate of drug-likeness (QED) is 0.791. The van der Waals surface area contributed by atoms with E-state index in [9.17, 15) is 9.90 Å². The van der Waals surface area contributed by atoms with Gasteiger partial charge >= 0.3 is 0 Å². The highest BCUT2D eigenvalue weighted by molar-refractivity contribution is 5.79. The van der Waals surface area contributed by atoms with Crippen molar-refractivity contribution in [3.05, 3.63) is 0 Å². The summed E-state index contributed by atoms with van der Waals surface area (Å²) in [5.41, 5.74) is 6.14. The van der Waals surface area contributed by atoms with Gasteiger partial charge in [-0.05, 0) is 43.4 Å². The molecule has 1 saturated carbocycles. The fraction of sp³-hybridized carbons (Fsp3) is 0.933. The van der Waals surface area contributed by atoms with Gasteiger partial charge in [0, 0.05) is 31.7 Å². The first-order valence-electron chi connectivity index (χ1n) is 7.68. The lowest BCUT2D eigenvalue weighted by molar-refractivity contribution is -0.141. The van der Waals surface area contributed by atoms with Crippen molar-refractivity contribution in [2.75, 3.05) is 19.7 Å². The molecule has 5 unspecified atom stereocenters. The fourth-order valence-corrected chi connectivity index (χ4v) is 3.68. The molecule has 1 saturated heterocycles. The molecular weight excluding hydrogens is 240 g/mol. The standard InChI is InChI=1S/C15H28N2O2/c1-10-6-11(2)14(16)7-13(10)15(19)17-5-3-4-12(8-17)9-18/h10-14,18H,3-9,16H2,1-2H3. The van der Waals surface area contributed by atoms with Gasteiger partial charge in [-0.2, -0.15) is 0 Å². The number of piperidine rings is 1. The third-order valence-corrected chi connectivity index (χ3v) is 5.09. The molecule has 4 nitrogen and oxygen atoms in total. The normalized spacial score (nSPS) is 40.2. The lowest BCUT2D eigenvalue weighted by atomic mass is 9.72. The number of carbonyl (C=O) groups excluding carboxylic acids is 1. The summed E-state index contributed by atoms with van der Waals surface area (Å²) in [7, 11) is 0. The zero-order valence-electron chi connectivity index (χ0n) is 12.2. The molecule has 19 heavy (non-hydrogen) atoms. The van der Waals surface area contributed by atoms with Crippen LogP contribution in [0.5, 0.6) is 0 Å². The van der Waals surface area contributed by atoms with Gasteiger partial charge in [0.1, 0.15) is 0 Å². The first-order valence-corrected chi connectivity index (χ1v) is 7.68. The number of nitrogens with zero attached hydrogens (tertiary/aromatic N) is 1. The van der Waals surface area contributed by atoms with Gasteiger partial charge in [-0.3, -0.25) is 4.79 Å². The second-order valence-corrected chi connectivity index (χ2v) is 6.67. The highest BCUT2D eigenvalue weighted by atomic mass is 16.3. The van der Waals surface area contributed by atoms with Gasteiger partial charge < -0.3 is 15.7 Å². The maximum absolute atomic E-state index is 12.7. The van der Waals surface area contributed by atoms with E-state index in [1.165, 1.54) is 0 Å². The Balaban J connectivity index is 1.98.